The first-order valence-corrected chi connectivity index (χ1v) is 6.80. The molecule has 0 aliphatic carbocycles. The maximum Gasteiger partial charge on any atom is 0.194 e. The van der Waals surface area contributed by atoms with Gasteiger partial charge in [-0.15, -0.1) is 0 Å². The normalized spacial score (nSPS) is 12.7. The number of hydrogen-bond donors (Lipinski definition) is 1. The monoisotopic (exact) mass is 294 g/mol. The molecule has 1 unspecified atom stereocenters. The van der Waals surface area contributed by atoms with Crippen molar-refractivity contribution in [2.24, 2.45) is 5.92 Å². The molecule has 0 spiro atoms. The third kappa shape index (κ3) is 3.45. The zero-order chi connectivity index (χ0) is 15.6. The van der Waals surface area contributed by atoms with Gasteiger partial charge in [-0.1, -0.05) is 44.2 Å². The second kappa shape index (κ2) is 6.31. The molecule has 1 atom stereocenters. The summed E-state index contributed by atoms with van der Waals surface area (Å²) in [6.07, 6.45) is -0.427. The van der Waals surface area contributed by atoms with Crippen LogP contribution in [0.25, 0.3) is 0 Å². The summed E-state index contributed by atoms with van der Waals surface area (Å²) in [4.78, 5) is 0. The molecule has 4 heteroatoms. The van der Waals surface area contributed by atoms with Gasteiger partial charge in [-0.05, 0) is 29.5 Å². The summed E-state index contributed by atoms with van der Waals surface area (Å²) >= 11 is 0. The van der Waals surface area contributed by atoms with E-state index >= 15 is 0 Å². The van der Waals surface area contributed by atoms with Gasteiger partial charge in [-0.3, -0.25) is 0 Å². The smallest absolute Gasteiger partial charge is 0.194 e. The summed E-state index contributed by atoms with van der Waals surface area (Å²) in [5.74, 6) is -3.68. The van der Waals surface area contributed by atoms with Crippen molar-refractivity contribution in [3.63, 3.8) is 0 Å². The maximum absolute atomic E-state index is 13.7. The third-order valence-electron chi connectivity index (χ3n) is 3.30. The molecule has 21 heavy (non-hydrogen) atoms. The average molecular weight is 294 g/mol. The molecule has 1 nitrogen and oxygen atoms in total. The summed E-state index contributed by atoms with van der Waals surface area (Å²) in [6.45, 7) is 4.19. The van der Waals surface area contributed by atoms with Crippen LogP contribution in [-0.2, 0) is 6.42 Å². The van der Waals surface area contributed by atoms with Gasteiger partial charge in [0.15, 0.2) is 17.5 Å². The van der Waals surface area contributed by atoms with E-state index < -0.39 is 23.6 Å². The first kappa shape index (κ1) is 15.6. The summed E-state index contributed by atoms with van der Waals surface area (Å²) in [7, 11) is 0. The van der Waals surface area contributed by atoms with Crippen LogP contribution in [0.4, 0.5) is 13.2 Å². The number of aliphatic hydroxyl groups is 1. The molecule has 0 saturated carbocycles. The van der Waals surface area contributed by atoms with Crippen molar-refractivity contribution in [3.05, 3.63) is 70.5 Å². The minimum atomic E-state index is -1.57. The van der Waals surface area contributed by atoms with Gasteiger partial charge in [0.2, 0.25) is 0 Å². The zero-order valence-corrected chi connectivity index (χ0v) is 11.9. The predicted octanol–water partition coefficient (Wildman–Crippen LogP) is 4.38. The SMILES string of the molecule is CC(C)Cc1ccc(C(O)c2ccc(F)c(F)c2F)cc1. The second-order valence-corrected chi connectivity index (χ2v) is 5.51. The highest BCUT2D eigenvalue weighted by atomic mass is 19.2. The summed E-state index contributed by atoms with van der Waals surface area (Å²) in [5, 5.41) is 10.1. The van der Waals surface area contributed by atoms with E-state index in [0.29, 0.717) is 11.5 Å². The number of rotatable bonds is 4. The molecule has 2 rings (SSSR count). The molecule has 2 aromatic carbocycles. The molecule has 0 aromatic heterocycles. The van der Waals surface area contributed by atoms with Crippen LogP contribution in [0.15, 0.2) is 36.4 Å². The highest BCUT2D eigenvalue weighted by molar-refractivity contribution is 5.33. The Hall–Kier alpha value is -1.81. The zero-order valence-electron chi connectivity index (χ0n) is 11.9. The molecule has 0 fully saturated rings. The minimum absolute atomic E-state index is 0.273. The van der Waals surface area contributed by atoms with E-state index in [2.05, 4.69) is 13.8 Å². The maximum atomic E-state index is 13.7. The van der Waals surface area contributed by atoms with Crippen LogP contribution in [0.2, 0.25) is 0 Å². The van der Waals surface area contributed by atoms with Crippen molar-refractivity contribution >= 4 is 0 Å². The molecule has 112 valence electrons. The fourth-order valence-electron chi connectivity index (χ4n) is 2.24. The highest BCUT2D eigenvalue weighted by Crippen LogP contribution is 2.27. The van der Waals surface area contributed by atoms with Crippen molar-refractivity contribution in [3.8, 4) is 0 Å². The van der Waals surface area contributed by atoms with Crippen molar-refractivity contribution in [2.75, 3.05) is 0 Å². The third-order valence-corrected chi connectivity index (χ3v) is 3.30. The molecule has 0 bridgehead atoms. The van der Waals surface area contributed by atoms with E-state index in [9.17, 15) is 18.3 Å². The Morgan fingerprint density at radius 1 is 0.905 bits per heavy atom. The van der Waals surface area contributed by atoms with E-state index in [0.717, 1.165) is 24.1 Å². The fraction of sp³-hybridized carbons (Fsp3) is 0.294. The molecule has 1 N–H and O–H groups in total. The van der Waals surface area contributed by atoms with E-state index in [4.69, 9.17) is 0 Å². The standard InChI is InChI=1S/C17H17F3O/c1-10(2)9-11-3-5-12(6-4-11)17(21)13-7-8-14(18)16(20)15(13)19/h3-8,10,17,21H,9H2,1-2H3. The lowest BCUT2D eigenvalue weighted by atomic mass is 9.97. The largest absolute Gasteiger partial charge is 0.384 e. The van der Waals surface area contributed by atoms with E-state index in [-0.39, 0.29) is 5.56 Å². The van der Waals surface area contributed by atoms with Crippen LogP contribution >= 0.6 is 0 Å². The Bertz CT molecular complexity index is 621. The molecule has 0 amide bonds. The lowest BCUT2D eigenvalue weighted by molar-refractivity contribution is 0.212. The van der Waals surface area contributed by atoms with Gasteiger partial charge in [-0.25, -0.2) is 13.2 Å². The lowest BCUT2D eigenvalue weighted by Gasteiger charge is -2.14. The first-order chi connectivity index (χ1) is 9.90. The minimum Gasteiger partial charge on any atom is -0.384 e. The summed E-state index contributed by atoms with van der Waals surface area (Å²) in [6, 6.07) is 8.89. The molecule has 0 aliphatic heterocycles. The molecule has 0 aliphatic rings. The van der Waals surface area contributed by atoms with Gasteiger partial charge < -0.3 is 5.11 Å². The van der Waals surface area contributed by atoms with Gasteiger partial charge in [-0.2, -0.15) is 0 Å². The average Bonchev–Trinajstić information content (AvgIpc) is 2.44. The summed E-state index contributed by atoms with van der Waals surface area (Å²) < 4.78 is 39.8. The molecule has 0 saturated heterocycles. The number of hydrogen-bond acceptors (Lipinski definition) is 1. The Kier molecular flexibility index (Phi) is 4.68. The highest BCUT2D eigenvalue weighted by Gasteiger charge is 2.20. The predicted molar refractivity (Wildman–Crippen MR) is 75.4 cm³/mol. The van der Waals surface area contributed by atoms with Crippen LogP contribution in [0.5, 0.6) is 0 Å². The Labute approximate surface area is 122 Å². The van der Waals surface area contributed by atoms with Gasteiger partial charge in [0.1, 0.15) is 6.10 Å². The van der Waals surface area contributed by atoms with Crippen molar-refractivity contribution in [1.29, 1.82) is 0 Å². The van der Waals surface area contributed by atoms with E-state index in [1.165, 1.54) is 0 Å². The van der Waals surface area contributed by atoms with Gasteiger partial charge in [0.05, 0.1) is 0 Å². The van der Waals surface area contributed by atoms with Crippen LogP contribution in [0.3, 0.4) is 0 Å². The van der Waals surface area contributed by atoms with Crippen molar-refractivity contribution in [1.82, 2.24) is 0 Å². The first-order valence-electron chi connectivity index (χ1n) is 6.80. The molecule has 2 aromatic rings. The fourth-order valence-corrected chi connectivity index (χ4v) is 2.24. The van der Waals surface area contributed by atoms with Crippen LogP contribution in [0, 0.1) is 23.4 Å². The van der Waals surface area contributed by atoms with Gasteiger partial charge >= 0.3 is 0 Å². The molecular formula is C17H17F3O. The van der Waals surface area contributed by atoms with Gasteiger partial charge in [0.25, 0.3) is 0 Å². The Morgan fingerprint density at radius 3 is 2.10 bits per heavy atom. The topological polar surface area (TPSA) is 20.2 Å². The Morgan fingerprint density at radius 2 is 1.52 bits per heavy atom. The Balaban J connectivity index is 2.28. The van der Waals surface area contributed by atoms with Crippen LogP contribution in [0.1, 0.15) is 36.6 Å². The lowest BCUT2D eigenvalue weighted by Crippen LogP contribution is -2.06. The van der Waals surface area contributed by atoms with Crippen molar-refractivity contribution < 1.29 is 18.3 Å². The summed E-state index contributed by atoms with van der Waals surface area (Å²) in [5.41, 5.74) is 1.27. The second-order valence-electron chi connectivity index (χ2n) is 5.51. The number of benzene rings is 2. The van der Waals surface area contributed by atoms with Crippen LogP contribution < -0.4 is 0 Å². The molecular weight excluding hydrogens is 277 g/mol. The van der Waals surface area contributed by atoms with E-state index in [1.807, 2.05) is 12.1 Å². The van der Waals surface area contributed by atoms with Crippen molar-refractivity contribution in [2.45, 2.75) is 26.4 Å². The van der Waals surface area contributed by atoms with Crippen LogP contribution in [-0.4, -0.2) is 5.11 Å². The number of aliphatic hydroxyl groups excluding tert-OH is 1. The quantitative estimate of drug-likeness (QED) is 0.829. The van der Waals surface area contributed by atoms with Gasteiger partial charge in [0, 0.05) is 5.56 Å². The molecule has 0 heterocycles. The van der Waals surface area contributed by atoms with E-state index in [1.54, 1.807) is 12.1 Å². The number of halogens is 3. The molecule has 0 radical (unpaired) electrons.